The van der Waals surface area contributed by atoms with E-state index < -0.39 is 0 Å². The first-order valence-electron chi connectivity index (χ1n) is 6.56. The van der Waals surface area contributed by atoms with Crippen LogP contribution in [0.25, 0.3) is 0 Å². The van der Waals surface area contributed by atoms with Gasteiger partial charge in [0.2, 0.25) is 5.91 Å². The van der Waals surface area contributed by atoms with E-state index in [9.17, 15) is 4.79 Å². The van der Waals surface area contributed by atoms with Gasteiger partial charge in [0.05, 0.1) is 12.1 Å². The normalized spacial score (nSPS) is 19.9. The molecular weight excluding hydrogens is 319 g/mol. The lowest BCUT2D eigenvalue weighted by molar-refractivity contribution is -0.124. The van der Waals surface area contributed by atoms with Gasteiger partial charge in [-0.2, -0.15) is 0 Å². The Morgan fingerprint density at radius 2 is 2.15 bits per heavy atom. The second-order valence-corrected chi connectivity index (χ2v) is 5.74. The number of benzene rings is 1. The van der Waals surface area contributed by atoms with E-state index in [2.05, 4.69) is 10.6 Å². The standard InChI is InChI=1S/C14H18Cl2N2O.ClH/c1-9(11-6-5-10(15)8-12(11)16)18-14(19)13-4-2-3-7-17-13;/h5-6,8-9,13,17H,2-4,7H2,1H3,(H,18,19);1H/t9?,13-;/m1./s1. The predicted molar refractivity (Wildman–Crippen MR) is 85.9 cm³/mol. The molecule has 1 aliphatic rings. The third kappa shape index (κ3) is 4.52. The number of amides is 1. The molecule has 2 rings (SSSR count). The van der Waals surface area contributed by atoms with Gasteiger partial charge >= 0.3 is 0 Å². The van der Waals surface area contributed by atoms with Crippen molar-refractivity contribution in [3.63, 3.8) is 0 Å². The van der Waals surface area contributed by atoms with Crippen LogP contribution in [0.3, 0.4) is 0 Å². The fraction of sp³-hybridized carbons (Fsp3) is 0.500. The van der Waals surface area contributed by atoms with Crippen LogP contribution in [-0.4, -0.2) is 18.5 Å². The molecule has 0 saturated carbocycles. The van der Waals surface area contributed by atoms with Crippen molar-refractivity contribution in [1.29, 1.82) is 0 Å². The molecule has 0 radical (unpaired) electrons. The lowest BCUT2D eigenvalue weighted by Crippen LogP contribution is -2.47. The molecule has 0 aliphatic carbocycles. The van der Waals surface area contributed by atoms with E-state index in [0.717, 1.165) is 31.4 Å². The summed E-state index contributed by atoms with van der Waals surface area (Å²) in [6.45, 7) is 2.84. The second kappa shape index (κ2) is 8.08. The van der Waals surface area contributed by atoms with Crippen LogP contribution in [-0.2, 0) is 4.79 Å². The van der Waals surface area contributed by atoms with Gasteiger partial charge in [0.1, 0.15) is 0 Å². The van der Waals surface area contributed by atoms with Crippen molar-refractivity contribution in [3.8, 4) is 0 Å². The summed E-state index contributed by atoms with van der Waals surface area (Å²) in [6, 6.07) is 5.12. The van der Waals surface area contributed by atoms with Crippen LogP contribution in [0.5, 0.6) is 0 Å². The molecule has 6 heteroatoms. The molecule has 2 N–H and O–H groups in total. The van der Waals surface area contributed by atoms with Crippen LogP contribution in [0.2, 0.25) is 10.0 Å². The number of rotatable bonds is 3. The molecule has 1 aromatic carbocycles. The zero-order valence-electron chi connectivity index (χ0n) is 11.3. The second-order valence-electron chi connectivity index (χ2n) is 4.90. The molecule has 20 heavy (non-hydrogen) atoms. The van der Waals surface area contributed by atoms with Gasteiger partial charge in [-0.15, -0.1) is 12.4 Å². The summed E-state index contributed by atoms with van der Waals surface area (Å²) in [7, 11) is 0. The topological polar surface area (TPSA) is 41.1 Å². The summed E-state index contributed by atoms with van der Waals surface area (Å²) in [6.07, 6.45) is 3.14. The van der Waals surface area contributed by atoms with Crippen molar-refractivity contribution in [2.75, 3.05) is 6.54 Å². The maximum absolute atomic E-state index is 12.1. The molecule has 0 bridgehead atoms. The monoisotopic (exact) mass is 336 g/mol. The SMILES string of the molecule is CC(NC(=O)[C@H]1CCCCN1)c1ccc(Cl)cc1Cl.Cl. The summed E-state index contributed by atoms with van der Waals surface area (Å²) in [5.74, 6) is 0.0400. The molecule has 2 atom stereocenters. The summed E-state index contributed by atoms with van der Waals surface area (Å²) in [4.78, 5) is 12.1. The molecule has 112 valence electrons. The van der Waals surface area contributed by atoms with Gasteiger partial charge < -0.3 is 10.6 Å². The van der Waals surface area contributed by atoms with E-state index in [1.807, 2.05) is 13.0 Å². The first kappa shape index (κ1) is 17.6. The van der Waals surface area contributed by atoms with Crippen molar-refractivity contribution in [2.24, 2.45) is 0 Å². The van der Waals surface area contributed by atoms with Crippen molar-refractivity contribution in [2.45, 2.75) is 38.3 Å². The average molecular weight is 338 g/mol. The van der Waals surface area contributed by atoms with E-state index in [0.29, 0.717) is 10.0 Å². The van der Waals surface area contributed by atoms with Crippen molar-refractivity contribution in [1.82, 2.24) is 10.6 Å². The van der Waals surface area contributed by atoms with Crippen molar-refractivity contribution < 1.29 is 4.79 Å². The van der Waals surface area contributed by atoms with Gasteiger partial charge in [-0.1, -0.05) is 35.7 Å². The Balaban J connectivity index is 0.00000200. The minimum absolute atomic E-state index is 0. The Bertz CT molecular complexity index is 462. The Morgan fingerprint density at radius 3 is 2.75 bits per heavy atom. The van der Waals surface area contributed by atoms with Gasteiger partial charge in [0, 0.05) is 10.0 Å². The van der Waals surface area contributed by atoms with Crippen LogP contribution in [0.4, 0.5) is 0 Å². The molecule has 0 aromatic heterocycles. The maximum atomic E-state index is 12.1. The predicted octanol–water partition coefficient (Wildman–Crippen LogP) is 3.73. The summed E-state index contributed by atoms with van der Waals surface area (Å²) < 4.78 is 0. The number of carbonyl (C=O) groups excluding carboxylic acids is 1. The number of carbonyl (C=O) groups is 1. The van der Waals surface area contributed by atoms with E-state index in [1.54, 1.807) is 12.1 Å². The number of halogens is 3. The summed E-state index contributed by atoms with van der Waals surface area (Å²) in [5, 5.41) is 7.41. The Hall–Kier alpha value is -0.480. The highest BCUT2D eigenvalue weighted by Crippen LogP contribution is 2.26. The first-order valence-corrected chi connectivity index (χ1v) is 7.32. The molecule has 1 saturated heterocycles. The third-order valence-corrected chi connectivity index (χ3v) is 3.98. The van der Waals surface area contributed by atoms with E-state index >= 15 is 0 Å². The third-order valence-electron chi connectivity index (χ3n) is 3.41. The maximum Gasteiger partial charge on any atom is 0.237 e. The molecule has 1 aromatic rings. The van der Waals surface area contributed by atoms with Gasteiger partial charge in [-0.05, 0) is 44.0 Å². The van der Waals surface area contributed by atoms with Crippen LogP contribution >= 0.6 is 35.6 Å². The molecule has 1 amide bonds. The Morgan fingerprint density at radius 1 is 1.40 bits per heavy atom. The zero-order valence-corrected chi connectivity index (χ0v) is 13.6. The molecule has 1 heterocycles. The fourth-order valence-electron chi connectivity index (χ4n) is 2.32. The van der Waals surface area contributed by atoms with Crippen LogP contribution in [0.15, 0.2) is 18.2 Å². The highest BCUT2D eigenvalue weighted by atomic mass is 35.5. The Labute approximate surface area is 135 Å². The van der Waals surface area contributed by atoms with Gasteiger partial charge in [-0.3, -0.25) is 4.79 Å². The van der Waals surface area contributed by atoms with E-state index in [4.69, 9.17) is 23.2 Å². The van der Waals surface area contributed by atoms with Gasteiger partial charge in [0.25, 0.3) is 0 Å². The summed E-state index contributed by atoms with van der Waals surface area (Å²) in [5.41, 5.74) is 0.884. The summed E-state index contributed by atoms with van der Waals surface area (Å²) >= 11 is 12.0. The molecule has 1 aliphatic heterocycles. The van der Waals surface area contributed by atoms with Gasteiger partial charge in [-0.25, -0.2) is 0 Å². The highest BCUT2D eigenvalue weighted by molar-refractivity contribution is 6.35. The van der Waals surface area contributed by atoms with Crippen LogP contribution in [0, 0.1) is 0 Å². The minimum atomic E-state index is -0.124. The number of piperidine rings is 1. The van der Waals surface area contributed by atoms with Gasteiger partial charge in [0.15, 0.2) is 0 Å². The first-order chi connectivity index (χ1) is 9.08. The molecule has 3 nitrogen and oxygen atoms in total. The van der Waals surface area contributed by atoms with E-state index in [-0.39, 0.29) is 30.4 Å². The van der Waals surface area contributed by atoms with E-state index in [1.165, 1.54) is 0 Å². The molecule has 1 unspecified atom stereocenters. The zero-order chi connectivity index (χ0) is 13.8. The fourth-order valence-corrected chi connectivity index (χ4v) is 2.89. The number of hydrogen-bond donors (Lipinski definition) is 2. The number of nitrogens with one attached hydrogen (secondary N) is 2. The smallest absolute Gasteiger partial charge is 0.237 e. The largest absolute Gasteiger partial charge is 0.348 e. The lowest BCUT2D eigenvalue weighted by atomic mass is 10.0. The number of hydrogen-bond acceptors (Lipinski definition) is 2. The van der Waals surface area contributed by atoms with Crippen molar-refractivity contribution >= 4 is 41.5 Å². The average Bonchev–Trinajstić information content (AvgIpc) is 2.39. The quantitative estimate of drug-likeness (QED) is 0.882. The lowest BCUT2D eigenvalue weighted by Gasteiger charge is -2.25. The van der Waals surface area contributed by atoms with Crippen LogP contribution < -0.4 is 10.6 Å². The molecule has 0 spiro atoms. The molecular formula is C14H19Cl3N2O. The molecule has 1 fully saturated rings. The van der Waals surface area contributed by atoms with Crippen molar-refractivity contribution in [3.05, 3.63) is 33.8 Å². The highest BCUT2D eigenvalue weighted by Gasteiger charge is 2.22. The Kier molecular flexibility index (Phi) is 7.10. The van der Waals surface area contributed by atoms with Crippen LogP contribution in [0.1, 0.15) is 37.8 Å². The minimum Gasteiger partial charge on any atom is -0.348 e.